The normalized spacial score (nSPS) is 12.3. The third kappa shape index (κ3) is 5.53. The number of hydrogen-bond acceptors (Lipinski definition) is 4. The van der Waals surface area contributed by atoms with Gasteiger partial charge in [0.25, 0.3) is 0 Å². The molecule has 4 nitrogen and oxygen atoms in total. The summed E-state index contributed by atoms with van der Waals surface area (Å²) in [6.45, 7) is 15.5. The van der Waals surface area contributed by atoms with Crippen molar-refractivity contribution in [3.8, 4) is 11.5 Å². The number of anilines is 1. The van der Waals surface area contributed by atoms with Crippen LogP contribution in [0, 0.1) is 0 Å². The fraction of sp³-hybridized carbons (Fsp3) is 0.464. The van der Waals surface area contributed by atoms with Crippen molar-refractivity contribution >= 4 is 17.5 Å². The lowest BCUT2D eigenvalue weighted by molar-refractivity contribution is 0.104. The van der Waals surface area contributed by atoms with E-state index in [2.05, 4.69) is 54.5 Å². The van der Waals surface area contributed by atoms with E-state index < -0.39 is 0 Å². The highest BCUT2D eigenvalue weighted by atomic mass is 16.5. The van der Waals surface area contributed by atoms with Gasteiger partial charge in [-0.05, 0) is 72.6 Å². The number of allylic oxidation sites excluding steroid dienone is 1. The molecule has 0 aromatic heterocycles. The lowest BCUT2D eigenvalue weighted by Crippen LogP contribution is -2.22. The molecule has 2 rings (SSSR count). The molecule has 0 aliphatic carbocycles. The van der Waals surface area contributed by atoms with Gasteiger partial charge < -0.3 is 15.6 Å². The van der Waals surface area contributed by atoms with Crippen LogP contribution in [0.3, 0.4) is 0 Å². The maximum absolute atomic E-state index is 12.8. The van der Waals surface area contributed by atoms with E-state index in [0.29, 0.717) is 29.2 Å². The van der Waals surface area contributed by atoms with Gasteiger partial charge in [0.05, 0.1) is 12.2 Å². The van der Waals surface area contributed by atoms with Crippen LogP contribution in [0.5, 0.6) is 11.5 Å². The summed E-state index contributed by atoms with van der Waals surface area (Å²) in [5.74, 6) is 0.690. The molecule has 32 heavy (non-hydrogen) atoms. The van der Waals surface area contributed by atoms with Crippen LogP contribution in [-0.2, 0) is 10.8 Å². The van der Waals surface area contributed by atoms with E-state index in [1.165, 1.54) is 6.08 Å². The summed E-state index contributed by atoms with van der Waals surface area (Å²) >= 11 is 0. The number of hydrogen-bond donors (Lipinski definition) is 2. The van der Waals surface area contributed by atoms with Crippen molar-refractivity contribution in [1.82, 2.24) is 0 Å². The highest BCUT2D eigenvalue weighted by Crippen LogP contribution is 2.47. The van der Waals surface area contributed by atoms with Gasteiger partial charge in [0.2, 0.25) is 0 Å². The molecule has 2 aromatic rings. The zero-order valence-electron chi connectivity index (χ0n) is 20.7. The van der Waals surface area contributed by atoms with Crippen molar-refractivity contribution in [2.75, 3.05) is 12.3 Å². The van der Waals surface area contributed by atoms with Crippen LogP contribution in [0.15, 0.2) is 36.4 Å². The van der Waals surface area contributed by atoms with Gasteiger partial charge in [-0.2, -0.15) is 0 Å². The maximum Gasteiger partial charge on any atom is 0.185 e. The molecule has 0 radical (unpaired) electrons. The largest absolute Gasteiger partial charge is 0.507 e. The number of phenolic OH excluding ortho intramolecular Hbond substituents is 1. The molecule has 3 N–H and O–H groups in total. The highest BCUT2D eigenvalue weighted by molar-refractivity contribution is 6.07. The Labute approximate surface area is 193 Å². The lowest BCUT2D eigenvalue weighted by atomic mass is 9.74. The van der Waals surface area contributed by atoms with Gasteiger partial charge in [0.1, 0.15) is 11.5 Å². The fourth-order valence-electron chi connectivity index (χ4n) is 3.49. The summed E-state index contributed by atoms with van der Waals surface area (Å²) < 4.78 is 6.20. The van der Waals surface area contributed by atoms with Crippen LogP contribution in [-0.4, -0.2) is 17.5 Å². The van der Waals surface area contributed by atoms with E-state index in [-0.39, 0.29) is 22.4 Å². The monoisotopic (exact) mass is 437 g/mol. The number of benzene rings is 2. The molecule has 0 spiro atoms. The third-order valence-electron chi connectivity index (χ3n) is 6.56. The summed E-state index contributed by atoms with van der Waals surface area (Å²) in [7, 11) is 0. The van der Waals surface area contributed by atoms with Crippen molar-refractivity contribution in [1.29, 1.82) is 0 Å². The number of nitrogens with two attached hydrogens (primary N) is 1. The first-order valence-corrected chi connectivity index (χ1v) is 11.6. The molecule has 0 heterocycles. The molecule has 0 atom stereocenters. The first-order valence-electron chi connectivity index (χ1n) is 11.6. The highest BCUT2D eigenvalue weighted by Gasteiger charge is 2.32. The molecule has 2 aromatic carbocycles. The first kappa shape index (κ1) is 25.5. The Balaban J connectivity index is 2.73. The summed E-state index contributed by atoms with van der Waals surface area (Å²) in [5, 5.41) is 11.4. The number of aromatic hydroxyl groups is 1. The van der Waals surface area contributed by atoms with Crippen LogP contribution in [0.25, 0.3) is 6.08 Å². The molecule has 0 fully saturated rings. The Morgan fingerprint density at radius 3 is 2.09 bits per heavy atom. The van der Waals surface area contributed by atoms with E-state index in [9.17, 15) is 9.90 Å². The van der Waals surface area contributed by atoms with Crippen molar-refractivity contribution in [2.45, 2.75) is 78.6 Å². The summed E-state index contributed by atoms with van der Waals surface area (Å²) in [6.07, 6.45) is 5.84. The Kier molecular flexibility index (Phi) is 8.17. The number of rotatable bonds is 10. The number of ketones is 1. The minimum Gasteiger partial charge on any atom is -0.507 e. The first-order chi connectivity index (χ1) is 15.0. The molecule has 174 valence electrons. The van der Waals surface area contributed by atoms with Crippen LogP contribution in [0.2, 0.25) is 0 Å². The van der Waals surface area contributed by atoms with Gasteiger partial charge in [-0.3, -0.25) is 4.79 Å². The van der Waals surface area contributed by atoms with E-state index in [1.807, 2.05) is 0 Å². The van der Waals surface area contributed by atoms with E-state index in [0.717, 1.165) is 30.4 Å². The van der Waals surface area contributed by atoms with Crippen LogP contribution in [0.4, 0.5) is 5.69 Å². The number of phenols is 1. The molecule has 4 heteroatoms. The number of ether oxygens (including phenoxy) is 1. The molecule has 0 saturated carbocycles. The van der Waals surface area contributed by atoms with Gasteiger partial charge >= 0.3 is 0 Å². The van der Waals surface area contributed by atoms with Gasteiger partial charge in [-0.1, -0.05) is 48.5 Å². The predicted octanol–water partition coefficient (Wildman–Crippen LogP) is 7.03. The third-order valence-corrected chi connectivity index (χ3v) is 6.56. The summed E-state index contributed by atoms with van der Waals surface area (Å²) in [5.41, 5.74) is 9.02. The smallest absolute Gasteiger partial charge is 0.185 e. The molecule has 0 unspecified atom stereocenters. The van der Waals surface area contributed by atoms with E-state index in [4.69, 9.17) is 10.5 Å². The fourth-order valence-corrected chi connectivity index (χ4v) is 3.49. The Morgan fingerprint density at radius 2 is 1.56 bits per heavy atom. The number of carbonyl (C=O) groups is 1. The Morgan fingerprint density at radius 1 is 1.00 bits per heavy atom. The predicted molar refractivity (Wildman–Crippen MR) is 135 cm³/mol. The average molecular weight is 438 g/mol. The molecule has 0 aliphatic rings. The van der Waals surface area contributed by atoms with Gasteiger partial charge in [-0.15, -0.1) is 0 Å². The Bertz CT molecular complexity index is 969. The maximum atomic E-state index is 12.8. The molecule has 0 aliphatic heterocycles. The molecule has 0 amide bonds. The second kappa shape index (κ2) is 10.2. The standard InChI is InChI=1S/C28H39NO3/c1-8-17-32-26-21(15-16-24(30)19-11-13-20(29)14-12-19)25(31)22(27(4,5)9-2)18-23(26)28(6,7)10-3/h11-16,18,31H,8-10,17,29H2,1-7H3. The van der Waals surface area contributed by atoms with Crippen LogP contribution >= 0.6 is 0 Å². The second-order valence-corrected chi connectivity index (χ2v) is 9.71. The van der Waals surface area contributed by atoms with E-state index in [1.54, 1.807) is 30.3 Å². The van der Waals surface area contributed by atoms with Crippen molar-refractivity contribution < 1.29 is 14.6 Å². The molecule has 0 saturated heterocycles. The van der Waals surface area contributed by atoms with E-state index >= 15 is 0 Å². The summed E-state index contributed by atoms with van der Waals surface area (Å²) in [4.78, 5) is 12.8. The van der Waals surface area contributed by atoms with Crippen molar-refractivity contribution in [3.63, 3.8) is 0 Å². The van der Waals surface area contributed by atoms with Crippen LogP contribution in [0.1, 0.15) is 94.8 Å². The van der Waals surface area contributed by atoms with Crippen LogP contribution < -0.4 is 10.5 Å². The second-order valence-electron chi connectivity index (χ2n) is 9.71. The minimum absolute atomic E-state index is 0.151. The topological polar surface area (TPSA) is 72.5 Å². The number of carbonyl (C=O) groups excluding carboxylic acids is 1. The average Bonchev–Trinajstić information content (AvgIpc) is 2.76. The molecule has 0 bridgehead atoms. The molecular formula is C28H39NO3. The quantitative estimate of drug-likeness (QED) is 0.238. The Hall–Kier alpha value is -2.75. The zero-order chi connectivity index (χ0) is 24.1. The van der Waals surface area contributed by atoms with Crippen molar-refractivity contribution in [2.24, 2.45) is 0 Å². The van der Waals surface area contributed by atoms with Gasteiger partial charge in [0, 0.05) is 22.4 Å². The lowest BCUT2D eigenvalue weighted by Gasteiger charge is -2.32. The number of nitrogen functional groups attached to an aromatic ring is 1. The van der Waals surface area contributed by atoms with Gasteiger partial charge in [0.15, 0.2) is 5.78 Å². The SMILES string of the molecule is CCCOc1c(C(C)(C)CC)cc(C(C)(C)CC)c(O)c1C=CC(=O)c1ccc(N)cc1. The minimum atomic E-state index is -0.227. The molecular weight excluding hydrogens is 398 g/mol. The zero-order valence-corrected chi connectivity index (χ0v) is 20.7. The van der Waals surface area contributed by atoms with Crippen molar-refractivity contribution in [3.05, 3.63) is 58.7 Å². The summed E-state index contributed by atoms with van der Waals surface area (Å²) in [6, 6.07) is 8.94. The van der Waals surface area contributed by atoms with Gasteiger partial charge in [-0.25, -0.2) is 0 Å².